The molecule has 1 fully saturated rings. The molecular weight excluding hydrogens is 250 g/mol. The van der Waals surface area contributed by atoms with Crippen LogP contribution >= 0.6 is 11.3 Å². The molecule has 0 amide bonds. The monoisotopic (exact) mass is 269 g/mol. The minimum Gasteiger partial charge on any atom is -0.464 e. The van der Waals surface area contributed by atoms with E-state index in [9.17, 15) is 4.79 Å². The highest BCUT2D eigenvalue weighted by molar-refractivity contribution is 7.13. The van der Waals surface area contributed by atoms with Gasteiger partial charge in [0.1, 0.15) is 0 Å². The van der Waals surface area contributed by atoms with Crippen LogP contribution in [0.15, 0.2) is 5.38 Å². The fourth-order valence-electron chi connectivity index (χ4n) is 2.16. The zero-order chi connectivity index (χ0) is 13.1. The molecule has 1 atom stereocenters. The number of anilines is 1. The average Bonchev–Trinajstić information content (AvgIpc) is 2.87. The highest BCUT2D eigenvalue weighted by Gasteiger charge is 2.24. The molecule has 100 valence electrons. The summed E-state index contributed by atoms with van der Waals surface area (Å²) in [5, 5.41) is 2.68. The maximum atomic E-state index is 11.4. The Labute approximate surface area is 111 Å². The molecule has 1 aromatic heterocycles. The SMILES string of the molecule is COC(=O)c1csc(N2CCCC(N(C)C)C2)n1. The van der Waals surface area contributed by atoms with Gasteiger partial charge in [-0.25, -0.2) is 9.78 Å². The van der Waals surface area contributed by atoms with Crippen molar-refractivity contribution in [1.29, 1.82) is 0 Å². The van der Waals surface area contributed by atoms with Crippen LogP contribution in [0.4, 0.5) is 5.13 Å². The topological polar surface area (TPSA) is 45.7 Å². The van der Waals surface area contributed by atoms with Crippen molar-refractivity contribution in [2.75, 3.05) is 39.2 Å². The number of aromatic nitrogens is 1. The number of carbonyl (C=O) groups is 1. The number of piperidine rings is 1. The number of rotatable bonds is 3. The van der Waals surface area contributed by atoms with Gasteiger partial charge in [-0.1, -0.05) is 0 Å². The maximum absolute atomic E-state index is 11.4. The van der Waals surface area contributed by atoms with Gasteiger partial charge >= 0.3 is 5.97 Å². The summed E-state index contributed by atoms with van der Waals surface area (Å²) in [4.78, 5) is 20.2. The Bertz CT molecular complexity index is 419. The number of nitrogens with zero attached hydrogens (tertiary/aromatic N) is 3. The van der Waals surface area contributed by atoms with Gasteiger partial charge in [0.05, 0.1) is 7.11 Å². The summed E-state index contributed by atoms with van der Waals surface area (Å²) in [5.41, 5.74) is 0.407. The third-order valence-electron chi connectivity index (χ3n) is 3.28. The maximum Gasteiger partial charge on any atom is 0.357 e. The fraction of sp³-hybridized carbons (Fsp3) is 0.667. The minimum absolute atomic E-state index is 0.362. The lowest BCUT2D eigenvalue weighted by molar-refractivity contribution is 0.0595. The summed E-state index contributed by atoms with van der Waals surface area (Å²) in [6, 6.07) is 0.559. The fourth-order valence-corrected chi connectivity index (χ4v) is 2.99. The molecule has 1 saturated heterocycles. The molecule has 2 rings (SSSR count). The highest BCUT2D eigenvalue weighted by atomic mass is 32.1. The molecule has 18 heavy (non-hydrogen) atoms. The van der Waals surface area contributed by atoms with Gasteiger partial charge in [-0.3, -0.25) is 0 Å². The zero-order valence-corrected chi connectivity index (χ0v) is 11.9. The Hall–Kier alpha value is -1.14. The molecule has 0 radical (unpaired) electrons. The van der Waals surface area contributed by atoms with Crippen molar-refractivity contribution in [2.24, 2.45) is 0 Å². The number of hydrogen-bond donors (Lipinski definition) is 0. The van der Waals surface area contributed by atoms with E-state index in [1.165, 1.54) is 24.9 Å². The van der Waals surface area contributed by atoms with Gasteiger partial charge in [0.15, 0.2) is 10.8 Å². The Morgan fingerprint density at radius 2 is 2.39 bits per heavy atom. The van der Waals surface area contributed by atoms with Crippen LogP contribution in [0.25, 0.3) is 0 Å². The number of ether oxygens (including phenoxy) is 1. The number of thiazole rings is 1. The van der Waals surface area contributed by atoms with Crippen molar-refractivity contribution in [1.82, 2.24) is 9.88 Å². The van der Waals surface area contributed by atoms with E-state index in [-0.39, 0.29) is 5.97 Å². The quantitative estimate of drug-likeness (QED) is 0.777. The van der Waals surface area contributed by atoms with Crippen LogP contribution < -0.4 is 4.90 Å². The summed E-state index contributed by atoms with van der Waals surface area (Å²) >= 11 is 1.51. The number of carbonyl (C=O) groups excluding carboxylic acids is 1. The zero-order valence-electron chi connectivity index (χ0n) is 11.0. The van der Waals surface area contributed by atoms with Crippen LogP contribution in [0.2, 0.25) is 0 Å². The molecule has 0 spiro atoms. The first-order valence-corrected chi connectivity index (χ1v) is 6.95. The Morgan fingerprint density at radius 1 is 1.61 bits per heavy atom. The molecule has 0 aliphatic carbocycles. The highest BCUT2D eigenvalue weighted by Crippen LogP contribution is 2.25. The van der Waals surface area contributed by atoms with Crippen LogP contribution in [0, 0.1) is 0 Å². The third kappa shape index (κ3) is 2.81. The normalized spacial score (nSPS) is 20.2. The molecule has 1 aliphatic rings. The van der Waals surface area contributed by atoms with E-state index in [1.54, 1.807) is 5.38 Å². The van der Waals surface area contributed by atoms with Gasteiger partial charge in [0.2, 0.25) is 0 Å². The molecule has 6 heteroatoms. The first kappa shape index (κ1) is 13.3. The summed E-state index contributed by atoms with van der Waals surface area (Å²) in [6.45, 7) is 1.99. The predicted octanol–water partition coefficient (Wildman–Crippen LogP) is 1.46. The van der Waals surface area contributed by atoms with E-state index >= 15 is 0 Å². The van der Waals surface area contributed by atoms with E-state index < -0.39 is 0 Å². The Balaban J connectivity index is 2.07. The van der Waals surface area contributed by atoms with Crippen molar-refractivity contribution in [3.8, 4) is 0 Å². The molecule has 5 nitrogen and oxygen atoms in total. The van der Waals surface area contributed by atoms with Crippen molar-refractivity contribution >= 4 is 22.4 Å². The van der Waals surface area contributed by atoms with Gasteiger partial charge in [0, 0.05) is 24.5 Å². The van der Waals surface area contributed by atoms with Crippen LogP contribution in [-0.4, -0.2) is 56.2 Å². The average molecular weight is 269 g/mol. The lowest BCUT2D eigenvalue weighted by Crippen LogP contribution is -2.45. The van der Waals surface area contributed by atoms with E-state index in [0.717, 1.165) is 24.6 Å². The standard InChI is InChI=1S/C12H19N3O2S/c1-14(2)9-5-4-6-15(7-9)12-13-10(8-18-12)11(16)17-3/h8-9H,4-7H2,1-3H3. The smallest absolute Gasteiger partial charge is 0.357 e. The van der Waals surface area contributed by atoms with Crippen LogP contribution in [0.1, 0.15) is 23.3 Å². The number of esters is 1. The number of likely N-dealkylation sites (N-methyl/N-ethyl adjacent to an activating group) is 1. The third-order valence-corrected chi connectivity index (χ3v) is 4.19. The van der Waals surface area contributed by atoms with Gasteiger partial charge in [-0.15, -0.1) is 11.3 Å². The van der Waals surface area contributed by atoms with Gasteiger partial charge < -0.3 is 14.5 Å². The van der Waals surface area contributed by atoms with Crippen LogP contribution in [0.3, 0.4) is 0 Å². The number of methoxy groups -OCH3 is 1. The van der Waals surface area contributed by atoms with E-state index in [2.05, 4.69) is 33.6 Å². The van der Waals surface area contributed by atoms with Crippen molar-refractivity contribution in [3.05, 3.63) is 11.1 Å². The Kier molecular flexibility index (Phi) is 4.19. The lowest BCUT2D eigenvalue weighted by Gasteiger charge is -2.35. The Morgan fingerprint density at radius 3 is 3.06 bits per heavy atom. The van der Waals surface area contributed by atoms with Crippen molar-refractivity contribution in [3.63, 3.8) is 0 Å². The van der Waals surface area contributed by atoms with Crippen molar-refractivity contribution in [2.45, 2.75) is 18.9 Å². The van der Waals surface area contributed by atoms with Gasteiger partial charge in [-0.2, -0.15) is 0 Å². The molecule has 0 N–H and O–H groups in total. The molecule has 1 unspecified atom stereocenters. The second kappa shape index (κ2) is 5.67. The van der Waals surface area contributed by atoms with Crippen molar-refractivity contribution < 1.29 is 9.53 Å². The first-order valence-electron chi connectivity index (χ1n) is 6.07. The van der Waals surface area contributed by atoms with E-state index in [4.69, 9.17) is 0 Å². The molecule has 1 aromatic rings. The van der Waals surface area contributed by atoms with Gasteiger partial charge in [-0.05, 0) is 26.9 Å². The molecule has 0 bridgehead atoms. The van der Waals surface area contributed by atoms with E-state index in [1.807, 2.05) is 0 Å². The predicted molar refractivity (Wildman–Crippen MR) is 72.4 cm³/mol. The minimum atomic E-state index is -0.362. The van der Waals surface area contributed by atoms with Crippen LogP contribution in [0.5, 0.6) is 0 Å². The molecule has 1 aliphatic heterocycles. The second-order valence-electron chi connectivity index (χ2n) is 4.71. The molecule has 0 saturated carbocycles. The van der Waals surface area contributed by atoms with Gasteiger partial charge in [0.25, 0.3) is 0 Å². The molecule has 0 aromatic carbocycles. The first-order chi connectivity index (χ1) is 8.61. The summed E-state index contributed by atoms with van der Waals surface area (Å²) in [6.07, 6.45) is 2.38. The number of hydrogen-bond acceptors (Lipinski definition) is 6. The summed E-state index contributed by atoms with van der Waals surface area (Å²) in [5.74, 6) is -0.362. The largest absolute Gasteiger partial charge is 0.464 e. The molecule has 2 heterocycles. The molecular formula is C12H19N3O2S. The summed E-state index contributed by atoms with van der Waals surface area (Å²) < 4.78 is 4.67. The second-order valence-corrected chi connectivity index (χ2v) is 5.55. The summed E-state index contributed by atoms with van der Waals surface area (Å²) in [7, 11) is 5.59. The van der Waals surface area contributed by atoms with Crippen LogP contribution in [-0.2, 0) is 4.74 Å². The lowest BCUT2D eigenvalue weighted by atomic mass is 10.1. The van der Waals surface area contributed by atoms with E-state index in [0.29, 0.717) is 11.7 Å².